The predicted octanol–water partition coefficient (Wildman–Crippen LogP) is 3.87. The first kappa shape index (κ1) is 17.2. The van der Waals surface area contributed by atoms with Gasteiger partial charge in [-0.25, -0.2) is 0 Å². The molecule has 0 amide bonds. The third-order valence-corrected chi connectivity index (χ3v) is 4.82. The number of Topliss-reactive ketones (excluding diaryl/α,β-unsaturated/α-hetero) is 1. The van der Waals surface area contributed by atoms with Crippen molar-refractivity contribution in [2.24, 2.45) is 0 Å². The Morgan fingerprint density at radius 2 is 1.80 bits per heavy atom. The number of ketones is 1. The van der Waals surface area contributed by atoms with Crippen molar-refractivity contribution in [3.05, 3.63) is 65.5 Å². The highest BCUT2D eigenvalue weighted by atomic mass is 32.2. The van der Waals surface area contributed by atoms with Crippen molar-refractivity contribution in [2.45, 2.75) is 19.0 Å². The topological polar surface area (TPSA) is 57.0 Å². The Morgan fingerprint density at radius 3 is 2.48 bits per heavy atom. The number of hydrogen-bond acceptors (Lipinski definition) is 5. The zero-order chi connectivity index (χ0) is 17.8. The normalized spacial score (nSPS) is 10.7. The number of hydrogen-bond donors (Lipinski definition) is 0. The molecule has 128 valence electrons. The van der Waals surface area contributed by atoms with E-state index in [0.29, 0.717) is 16.5 Å². The second-order valence-corrected chi connectivity index (χ2v) is 6.53. The Hall–Kier alpha value is -2.60. The molecule has 0 saturated heterocycles. The van der Waals surface area contributed by atoms with Crippen LogP contribution in [0.15, 0.2) is 53.7 Å². The van der Waals surface area contributed by atoms with Crippen LogP contribution in [0.4, 0.5) is 0 Å². The maximum absolute atomic E-state index is 12.4. The summed E-state index contributed by atoms with van der Waals surface area (Å²) in [5, 5.41) is 9.12. The number of benzene rings is 2. The monoisotopic (exact) mass is 353 g/mol. The van der Waals surface area contributed by atoms with Crippen molar-refractivity contribution < 1.29 is 9.53 Å². The molecule has 0 aliphatic carbocycles. The minimum absolute atomic E-state index is 0.0460. The van der Waals surface area contributed by atoms with Crippen molar-refractivity contribution in [3.63, 3.8) is 0 Å². The molecule has 3 rings (SSSR count). The zero-order valence-corrected chi connectivity index (χ0v) is 15.2. The number of methoxy groups -OCH3 is 1. The van der Waals surface area contributed by atoms with Crippen LogP contribution in [0.2, 0.25) is 0 Å². The fourth-order valence-electron chi connectivity index (χ4n) is 2.52. The van der Waals surface area contributed by atoms with E-state index in [1.807, 2.05) is 42.7 Å². The molecule has 0 unspecified atom stereocenters. The summed E-state index contributed by atoms with van der Waals surface area (Å²) in [5.41, 5.74) is 2.82. The van der Waals surface area contributed by atoms with E-state index in [1.54, 1.807) is 31.4 Å². The highest BCUT2D eigenvalue weighted by molar-refractivity contribution is 7.99. The highest BCUT2D eigenvalue weighted by Gasteiger charge is 2.15. The van der Waals surface area contributed by atoms with E-state index in [4.69, 9.17) is 4.74 Å². The molecule has 2 aromatic carbocycles. The van der Waals surface area contributed by atoms with Crippen LogP contribution in [-0.2, 0) is 0 Å². The molecule has 0 aliphatic heterocycles. The number of thioether (sulfide) groups is 1. The summed E-state index contributed by atoms with van der Waals surface area (Å²) < 4.78 is 7.11. The molecule has 0 saturated carbocycles. The van der Waals surface area contributed by atoms with Crippen molar-refractivity contribution in [3.8, 4) is 11.4 Å². The minimum Gasteiger partial charge on any atom is -0.497 e. The number of carbonyl (C=O) groups excluding carboxylic acids is 1. The number of ether oxygens (including phenoxy) is 1. The third-order valence-electron chi connectivity index (χ3n) is 3.90. The number of rotatable bonds is 6. The van der Waals surface area contributed by atoms with Crippen LogP contribution in [0.3, 0.4) is 0 Å². The van der Waals surface area contributed by atoms with E-state index < -0.39 is 0 Å². The van der Waals surface area contributed by atoms with Gasteiger partial charge in [0.05, 0.1) is 18.6 Å². The van der Waals surface area contributed by atoms with Gasteiger partial charge in [0, 0.05) is 5.56 Å². The second kappa shape index (κ2) is 7.53. The molecule has 0 atom stereocenters. The predicted molar refractivity (Wildman–Crippen MR) is 98.9 cm³/mol. The lowest BCUT2D eigenvalue weighted by Crippen LogP contribution is -2.05. The van der Waals surface area contributed by atoms with Gasteiger partial charge in [0.15, 0.2) is 10.9 Å². The standard InChI is InChI=1S/C19H19N3O2S/c1-13-6-4-5-7-17(13)22-14(2)20-21-19(22)25-12-18(23)15-8-10-16(24-3)11-9-15/h4-11H,12H2,1-3H3. The van der Waals surface area contributed by atoms with Crippen LogP contribution < -0.4 is 4.74 Å². The summed E-state index contributed by atoms with van der Waals surface area (Å²) in [7, 11) is 1.60. The molecule has 1 heterocycles. The van der Waals surface area contributed by atoms with Gasteiger partial charge in [-0.3, -0.25) is 9.36 Å². The van der Waals surface area contributed by atoms with E-state index in [9.17, 15) is 4.79 Å². The van der Waals surface area contributed by atoms with Gasteiger partial charge in [-0.15, -0.1) is 10.2 Å². The van der Waals surface area contributed by atoms with Gasteiger partial charge < -0.3 is 4.74 Å². The Balaban J connectivity index is 1.78. The number of aromatic nitrogens is 3. The molecule has 0 aliphatic rings. The summed E-state index contributed by atoms with van der Waals surface area (Å²) in [6.45, 7) is 3.96. The highest BCUT2D eigenvalue weighted by Crippen LogP contribution is 2.24. The molecule has 6 heteroatoms. The molecule has 5 nitrogen and oxygen atoms in total. The van der Waals surface area contributed by atoms with Crippen LogP contribution >= 0.6 is 11.8 Å². The van der Waals surface area contributed by atoms with E-state index in [1.165, 1.54) is 11.8 Å². The lowest BCUT2D eigenvalue weighted by molar-refractivity contribution is 0.102. The molecular formula is C19H19N3O2S. The van der Waals surface area contributed by atoms with Gasteiger partial charge in [-0.1, -0.05) is 30.0 Å². The maximum atomic E-state index is 12.4. The van der Waals surface area contributed by atoms with Crippen LogP contribution in [0.5, 0.6) is 5.75 Å². The number of nitrogens with zero attached hydrogens (tertiary/aromatic N) is 3. The SMILES string of the molecule is COc1ccc(C(=O)CSc2nnc(C)n2-c2ccccc2C)cc1. The summed E-state index contributed by atoms with van der Waals surface area (Å²) in [6, 6.07) is 15.2. The molecular weight excluding hydrogens is 334 g/mol. The first-order chi connectivity index (χ1) is 12.1. The Labute approximate surface area is 151 Å². The quantitative estimate of drug-likeness (QED) is 0.497. The number of para-hydroxylation sites is 1. The molecule has 0 fully saturated rings. The Kier molecular flexibility index (Phi) is 5.19. The molecule has 3 aromatic rings. The molecule has 25 heavy (non-hydrogen) atoms. The molecule has 0 spiro atoms. The van der Waals surface area contributed by atoms with Gasteiger partial charge in [0.25, 0.3) is 0 Å². The van der Waals surface area contributed by atoms with Crippen LogP contribution in [0.25, 0.3) is 5.69 Å². The third kappa shape index (κ3) is 3.74. The largest absolute Gasteiger partial charge is 0.497 e. The van der Waals surface area contributed by atoms with E-state index in [0.717, 1.165) is 22.8 Å². The van der Waals surface area contributed by atoms with Crippen molar-refractivity contribution >= 4 is 17.5 Å². The first-order valence-electron chi connectivity index (χ1n) is 7.88. The summed E-state index contributed by atoms with van der Waals surface area (Å²) in [5.74, 6) is 1.88. The fraction of sp³-hybridized carbons (Fsp3) is 0.211. The van der Waals surface area contributed by atoms with Gasteiger partial charge in [-0.05, 0) is 49.7 Å². The molecule has 1 aromatic heterocycles. The molecule has 0 bridgehead atoms. The van der Waals surface area contributed by atoms with Gasteiger partial charge in [0.2, 0.25) is 0 Å². The van der Waals surface area contributed by atoms with Gasteiger partial charge in [0.1, 0.15) is 11.6 Å². The Bertz CT molecular complexity index is 888. The Morgan fingerprint density at radius 1 is 1.08 bits per heavy atom. The van der Waals surface area contributed by atoms with E-state index in [-0.39, 0.29) is 5.78 Å². The van der Waals surface area contributed by atoms with E-state index >= 15 is 0 Å². The number of aryl methyl sites for hydroxylation is 2. The minimum atomic E-state index is 0.0460. The summed E-state index contributed by atoms with van der Waals surface area (Å²) >= 11 is 1.39. The van der Waals surface area contributed by atoms with Gasteiger partial charge in [-0.2, -0.15) is 0 Å². The van der Waals surface area contributed by atoms with E-state index in [2.05, 4.69) is 10.2 Å². The summed E-state index contributed by atoms with van der Waals surface area (Å²) in [6.07, 6.45) is 0. The average molecular weight is 353 g/mol. The van der Waals surface area contributed by atoms with Crippen molar-refractivity contribution in [2.75, 3.05) is 12.9 Å². The van der Waals surface area contributed by atoms with Crippen molar-refractivity contribution in [1.82, 2.24) is 14.8 Å². The maximum Gasteiger partial charge on any atom is 0.196 e. The second-order valence-electron chi connectivity index (χ2n) is 5.59. The van der Waals surface area contributed by atoms with Gasteiger partial charge >= 0.3 is 0 Å². The smallest absolute Gasteiger partial charge is 0.196 e. The molecule has 0 N–H and O–H groups in total. The van der Waals surface area contributed by atoms with Crippen LogP contribution in [-0.4, -0.2) is 33.4 Å². The van der Waals surface area contributed by atoms with Crippen molar-refractivity contribution in [1.29, 1.82) is 0 Å². The average Bonchev–Trinajstić information content (AvgIpc) is 3.00. The fourth-order valence-corrected chi connectivity index (χ4v) is 3.40. The lowest BCUT2D eigenvalue weighted by atomic mass is 10.1. The first-order valence-corrected chi connectivity index (χ1v) is 8.87. The molecule has 0 radical (unpaired) electrons. The van der Waals surface area contributed by atoms with Crippen LogP contribution in [0.1, 0.15) is 21.7 Å². The summed E-state index contributed by atoms with van der Waals surface area (Å²) in [4.78, 5) is 12.4. The zero-order valence-electron chi connectivity index (χ0n) is 14.4. The number of carbonyl (C=O) groups is 1. The van der Waals surface area contributed by atoms with Crippen LogP contribution in [0, 0.1) is 13.8 Å². The lowest BCUT2D eigenvalue weighted by Gasteiger charge is -2.11.